The number of halogens is 3. The van der Waals surface area contributed by atoms with Gasteiger partial charge in [0.1, 0.15) is 11.4 Å². The summed E-state index contributed by atoms with van der Waals surface area (Å²) in [6.45, 7) is 5.47. The molecule has 0 spiro atoms. The summed E-state index contributed by atoms with van der Waals surface area (Å²) in [6, 6.07) is 5.79. The van der Waals surface area contributed by atoms with Crippen molar-refractivity contribution < 1.29 is 22.7 Å². The maximum absolute atomic E-state index is 13.2. The number of thiazole rings is 1. The second-order valence-electron chi connectivity index (χ2n) is 8.91. The number of nitrogens with one attached hydrogen (secondary N) is 1. The van der Waals surface area contributed by atoms with E-state index in [9.17, 15) is 18.0 Å². The fourth-order valence-electron chi connectivity index (χ4n) is 4.91. The lowest BCUT2D eigenvalue weighted by Gasteiger charge is -2.25. The predicted octanol–water partition coefficient (Wildman–Crippen LogP) is 4.09. The highest BCUT2D eigenvalue weighted by atomic mass is 32.1. The Morgan fingerprint density at radius 3 is 2.74 bits per heavy atom. The summed E-state index contributed by atoms with van der Waals surface area (Å²) in [5.41, 5.74) is 4.67. The van der Waals surface area contributed by atoms with Crippen LogP contribution in [-0.2, 0) is 13.1 Å². The number of benzene rings is 1. The highest BCUT2D eigenvalue weighted by molar-refractivity contribution is 7.07. The Morgan fingerprint density at radius 2 is 2.09 bits per heavy atom. The third-order valence-electron chi connectivity index (χ3n) is 6.63. The average molecular weight is 492 g/mol. The van der Waals surface area contributed by atoms with E-state index in [-0.39, 0.29) is 18.2 Å². The number of hydrogen-bond acceptors (Lipinski definition) is 6. The molecule has 2 fully saturated rings. The molecule has 2 unspecified atom stereocenters. The normalized spacial score (nSPS) is 21.9. The number of aryl methyl sites for hydroxylation is 1. The Balaban J connectivity index is 1.25. The van der Waals surface area contributed by atoms with Gasteiger partial charge < -0.3 is 14.6 Å². The molecule has 1 saturated heterocycles. The van der Waals surface area contributed by atoms with Gasteiger partial charge in [-0.15, -0.1) is 24.5 Å². The molecule has 1 saturated carbocycles. The number of aromatic nitrogens is 3. The molecule has 0 radical (unpaired) electrons. The van der Waals surface area contributed by atoms with E-state index in [1.807, 2.05) is 6.92 Å². The lowest BCUT2D eigenvalue weighted by Crippen LogP contribution is -2.35. The van der Waals surface area contributed by atoms with Gasteiger partial charge in [0.25, 0.3) is 5.91 Å². The van der Waals surface area contributed by atoms with Gasteiger partial charge in [-0.1, -0.05) is 12.1 Å². The lowest BCUT2D eigenvalue weighted by atomic mass is 10.1. The fraction of sp³-hybridized carbons (Fsp3) is 0.435. The molecule has 1 aromatic carbocycles. The lowest BCUT2D eigenvalue weighted by molar-refractivity contribution is -0.274. The van der Waals surface area contributed by atoms with Crippen LogP contribution in [0.4, 0.5) is 13.2 Å². The smallest absolute Gasteiger partial charge is 0.406 e. The average Bonchev–Trinajstić information content (AvgIpc) is 3.28. The van der Waals surface area contributed by atoms with Crippen LogP contribution in [0.2, 0.25) is 0 Å². The molecule has 2 aromatic heterocycles. The minimum absolute atomic E-state index is 0.192. The summed E-state index contributed by atoms with van der Waals surface area (Å²) in [6.07, 6.45) is -3.05. The quantitative estimate of drug-likeness (QED) is 0.514. The van der Waals surface area contributed by atoms with Crippen molar-refractivity contribution in [3.63, 3.8) is 0 Å². The number of piperidine rings is 1. The van der Waals surface area contributed by atoms with Crippen molar-refractivity contribution in [2.75, 3.05) is 19.6 Å². The summed E-state index contributed by atoms with van der Waals surface area (Å²) < 4.78 is 41.9. The molecule has 1 aliphatic heterocycles. The van der Waals surface area contributed by atoms with Crippen LogP contribution in [0.15, 0.2) is 41.5 Å². The molecular weight excluding hydrogens is 467 g/mol. The summed E-state index contributed by atoms with van der Waals surface area (Å²) in [4.78, 5) is 28.9. The van der Waals surface area contributed by atoms with Gasteiger partial charge in [0, 0.05) is 43.8 Å². The maximum atomic E-state index is 13.2. The van der Waals surface area contributed by atoms with Crippen LogP contribution in [0.5, 0.6) is 5.75 Å². The van der Waals surface area contributed by atoms with Gasteiger partial charge in [-0.25, -0.2) is 9.97 Å². The molecule has 2 atom stereocenters. The predicted molar refractivity (Wildman–Crippen MR) is 119 cm³/mol. The number of imidazole rings is 1. The molecule has 2 aliphatic rings. The monoisotopic (exact) mass is 491 g/mol. The third kappa shape index (κ3) is 5.10. The molecule has 11 heteroatoms. The standard InChI is InChI=1S/C23H24F3N5O2S/c1-14-20(28-12-27-14)10-30-7-17-18(8-30)19(17)9-31(22(32)21-11-34-13-29-21)6-15-3-2-4-16(5-15)33-23(24,25)26/h2-5,11-13,17-19H,6-10H2,1H3,(H,27,28). The number of fused-ring (bicyclic) bond motifs is 1. The van der Waals surface area contributed by atoms with E-state index >= 15 is 0 Å². The molecule has 1 aliphatic carbocycles. The Hall–Kier alpha value is -2.92. The molecule has 34 heavy (non-hydrogen) atoms. The molecular formula is C23H24F3N5O2S. The van der Waals surface area contributed by atoms with Gasteiger partial charge in [-0.2, -0.15) is 0 Å². The van der Waals surface area contributed by atoms with Gasteiger partial charge >= 0.3 is 6.36 Å². The number of rotatable bonds is 8. The molecule has 1 N–H and O–H groups in total. The number of carbonyl (C=O) groups excluding carboxylic acids is 1. The van der Waals surface area contributed by atoms with Gasteiger partial charge in [-0.3, -0.25) is 9.69 Å². The number of likely N-dealkylation sites (tertiary alicyclic amines) is 1. The van der Waals surface area contributed by atoms with E-state index in [0.29, 0.717) is 35.6 Å². The van der Waals surface area contributed by atoms with Crippen molar-refractivity contribution in [1.29, 1.82) is 0 Å². The molecule has 5 rings (SSSR count). The first-order valence-electron chi connectivity index (χ1n) is 11.0. The fourth-order valence-corrected chi connectivity index (χ4v) is 5.44. The van der Waals surface area contributed by atoms with Crippen molar-refractivity contribution in [2.24, 2.45) is 17.8 Å². The van der Waals surface area contributed by atoms with Crippen LogP contribution >= 0.6 is 11.3 Å². The SMILES string of the molecule is Cc1[nH]cnc1CN1CC2C(C1)C2CN(Cc1cccc(OC(F)(F)F)c1)C(=O)c1cscn1. The zero-order valence-electron chi connectivity index (χ0n) is 18.5. The summed E-state index contributed by atoms with van der Waals surface area (Å²) in [5.74, 6) is 0.875. The second kappa shape index (κ2) is 9.03. The van der Waals surface area contributed by atoms with E-state index in [0.717, 1.165) is 31.0 Å². The van der Waals surface area contributed by atoms with Crippen LogP contribution in [0.3, 0.4) is 0 Å². The Morgan fingerprint density at radius 1 is 1.29 bits per heavy atom. The van der Waals surface area contributed by atoms with Crippen molar-refractivity contribution >= 4 is 17.2 Å². The van der Waals surface area contributed by atoms with Crippen LogP contribution in [0.25, 0.3) is 0 Å². The van der Waals surface area contributed by atoms with E-state index in [2.05, 4.69) is 24.6 Å². The topological polar surface area (TPSA) is 74.3 Å². The first-order chi connectivity index (χ1) is 16.3. The number of hydrogen-bond donors (Lipinski definition) is 1. The summed E-state index contributed by atoms with van der Waals surface area (Å²) in [7, 11) is 0. The first kappa shape index (κ1) is 22.9. The van der Waals surface area contributed by atoms with Crippen molar-refractivity contribution in [2.45, 2.75) is 26.4 Å². The summed E-state index contributed by atoms with van der Waals surface area (Å²) >= 11 is 1.34. The number of H-pyrrole nitrogens is 1. The number of nitrogens with zero attached hydrogens (tertiary/aromatic N) is 4. The van der Waals surface area contributed by atoms with Gasteiger partial charge in [-0.05, 0) is 42.4 Å². The molecule has 1 amide bonds. The van der Waals surface area contributed by atoms with Crippen LogP contribution < -0.4 is 4.74 Å². The zero-order chi connectivity index (χ0) is 23.9. The van der Waals surface area contributed by atoms with E-state index < -0.39 is 6.36 Å². The molecule has 7 nitrogen and oxygen atoms in total. The van der Waals surface area contributed by atoms with Crippen LogP contribution in [-0.4, -0.2) is 56.7 Å². The number of ether oxygens (including phenoxy) is 1. The summed E-state index contributed by atoms with van der Waals surface area (Å²) in [5, 5.41) is 1.69. The number of aromatic amines is 1. The molecule has 180 valence electrons. The van der Waals surface area contributed by atoms with Crippen molar-refractivity contribution in [1.82, 2.24) is 24.8 Å². The highest BCUT2D eigenvalue weighted by Gasteiger charge is 2.56. The molecule has 3 aromatic rings. The Labute approximate surface area is 198 Å². The Bertz CT molecular complexity index is 1140. The van der Waals surface area contributed by atoms with Gasteiger partial charge in [0.2, 0.25) is 0 Å². The Kier molecular flexibility index (Phi) is 6.07. The molecule has 3 heterocycles. The first-order valence-corrected chi connectivity index (χ1v) is 11.9. The number of amides is 1. The highest BCUT2D eigenvalue weighted by Crippen LogP contribution is 2.52. The number of alkyl halides is 3. The third-order valence-corrected chi connectivity index (χ3v) is 7.22. The van der Waals surface area contributed by atoms with Crippen molar-refractivity contribution in [3.8, 4) is 5.75 Å². The molecule has 0 bridgehead atoms. The van der Waals surface area contributed by atoms with E-state index in [4.69, 9.17) is 0 Å². The van der Waals surface area contributed by atoms with Crippen LogP contribution in [0.1, 0.15) is 27.4 Å². The zero-order valence-corrected chi connectivity index (χ0v) is 19.3. The van der Waals surface area contributed by atoms with E-state index in [1.165, 1.54) is 29.5 Å². The number of carbonyl (C=O) groups is 1. The van der Waals surface area contributed by atoms with Crippen molar-refractivity contribution in [3.05, 3.63) is 64.1 Å². The maximum Gasteiger partial charge on any atom is 0.573 e. The van der Waals surface area contributed by atoms with Gasteiger partial charge in [0.05, 0.1) is 17.5 Å². The minimum Gasteiger partial charge on any atom is -0.406 e. The van der Waals surface area contributed by atoms with Crippen LogP contribution in [0, 0.1) is 24.7 Å². The van der Waals surface area contributed by atoms with Gasteiger partial charge in [0.15, 0.2) is 0 Å². The van der Waals surface area contributed by atoms with E-state index in [1.54, 1.807) is 28.2 Å². The minimum atomic E-state index is -4.76. The second-order valence-corrected chi connectivity index (χ2v) is 9.63. The largest absolute Gasteiger partial charge is 0.573 e.